The molecule has 5 N–H and O–H groups in total. The first kappa shape index (κ1) is 16.4. The predicted octanol–water partition coefficient (Wildman–Crippen LogP) is 0.550. The normalized spacial score (nSPS) is 10.6. The lowest BCUT2D eigenvalue weighted by Gasteiger charge is -2.05. The number of nitrogens with one attached hydrogen (secondary N) is 2. The van der Waals surface area contributed by atoms with E-state index in [-0.39, 0.29) is 6.42 Å². The molecule has 0 saturated carbocycles. The number of hydrogen-bond donors (Lipinski definition) is 4. The number of nitrogens with two attached hydrogens (primary N) is 1. The second-order valence-electron chi connectivity index (χ2n) is 4.20. The molecule has 0 aromatic rings. The molecule has 0 amide bonds. The summed E-state index contributed by atoms with van der Waals surface area (Å²) >= 11 is 0. The number of rotatable bonds is 13. The van der Waals surface area contributed by atoms with E-state index in [1.54, 1.807) is 0 Å². The van der Waals surface area contributed by atoms with Gasteiger partial charge in [-0.05, 0) is 64.8 Å². The Bertz CT molecular complexity index is 177. The van der Waals surface area contributed by atoms with Gasteiger partial charge in [0, 0.05) is 6.42 Å². The SMILES string of the molecule is NCCCCNCCCNCCCCC(=O)O. The lowest BCUT2D eigenvalue weighted by atomic mass is 10.2. The van der Waals surface area contributed by atoms with Gasteiger partial charge >= 0.3 is 5.97 Å². The van der Waals surface area contributed by atoms with E-state index in [0.717, 1.165) is 64.8 Å². The van der Waals surface area contributed by atoms with Crippen molar-refractivity contribution in [2.24, 2.45) is 5.73 Å². The van der Waals surface area contributed by atoms with Crippen molar-refractivity contribution in [3.05, 3.63) is 0 Å². The number of carboxylic acids is 1. The maximum Gasteiger partial charge on any atom is 0.303 e. The van der Waals surface area contributed by atoms with Crippen molar-refractivity contribution in [3.63, 3.8) is 0 Å². The molecule has 0 atom stereocenters. The Balaban J connectivity index is 2.91. The van der Waals surface area contributed by atoms with Crippen LogP contribution in [0.25, 0.3) is 0 Å². The third-order valence-electron chi connectivity index (χ3n) is 2.51. The van der Waals surface area contributed by atoms with Gasteiger partial charge in [0.15, 0.2) is 0 Å². The molecular weight excluding hydrogens is 218 g/mol. The van der Waals surface area contributed by atoms with Gasteiger partial charge in [0.05, 0.1) is 0 Å². The van der Waals surface area contributed by atoms with Crippen molar-refractivity contribution < 1.29 is 9.90 Å². The fourth-order valence-corrected chi connectivity index (χ4v) is 1.51. The molecule has 0 aliphatic carbocycles. The topological polar surface area (TPSA) is 87.4 Å². The van der Waals surface area contributed by atoms with Crippen LogP contribution in [0.2, 0.25) is 0 Å². The third kappa shape index (κ3) is 15.4. The van der Waals surface area contributed by atoms with Gasteiger partial charge in [0.25, 0.3) is 0 Å². The Morgan fingerprint density at radius 2 is 1.41 bits per heavy atom. The molecule has 0 saturated heterocycles. The van der Waals surface area contributed by atoms with E-state index in [1.165, 1.54) is 0 Å². The van der Waals surface area contributed by atoms with E-state index >= 15 is 0 Å². The first-order chi connectivity index (χ1) is 8.27. The van der Waals surface area contributed by atoms with Gasteiger partial charge in [0.2, 0.25) is 0 Å². The molecule has 0 spiro atoms. The maximum atomic E-state index is 10.2. The van der Waals surface area contributed by atoms with Gasteiger partial charge < -0.3 is 21.5 Å². The minimum atomic E-state index is -0.702. The molecule has 17 heavy (non-hydrogen) atoms. The predicted molar refractivity (Wildman–Crippen MR) is 70.1 cm³/mol. The summed E-state index contributed by atoms with van der Waals surface area (Å²) in [4.78, 5) is 10.2. The van der Waals surface area contributed by atoms with E-state index in [0.29, 0.717) is 0 Å². The summed E-state index contributed by atoms with van der Waals surface area (Å²) in [6.07, 6.45) is 5.34. The zero-order valence-electron chi connectivity index (χ0n) is 10.7. The zero-order chi connectivity index (χ0) is 12.8. The Kier molecular flexibility index (Phi) is 12.9. The largest absolute Gasteiger partial charge is 0.481 e. The molecule has 0 aliphatic heterocycles. The van der Waals surface area contributed by atoms with Gasteiger partial charge in [-0.3, -0.25) is 4.79 Å². The molecule has 0 fully saturated rings. The maximum absolute atomic E-state index is 10.2. The van der Waals surface area contributed by atoms with Crippen LogP contribution in [-0.4, -0.2) is 43.8 Å². The third-order valence-corrected chi connectivity index (χ3v) is 2.51. The Labute approximate surface area is 104 Å². The first-order valence-corrected chi connectivity index (χ1v) is 6.60. The number of unbranched alkanes of at least 4 members (excludes halogenated alkanes) is 2. The van der Waals surface area contributed by atoms with Crippen LogP contribution in [-0.2, 0) is 4.79 Å². The molecule has 102 valence electrons. The van der Waals surface area contributed by atoms with Crippen molar-refractivity contribution >= 4 is 5.97 Å². The standard InChI is InChI=1S/C12H27N3O2/c13-7-2-4-9-15-11-5-10-14-8-3-1-6-12(16)17/h14-15H,1-11,13H2,(H,16,17). The molecule has 0 radical (unpaired) electrons. The van der Waals surface area contributed by atoms with Crippen molar-refractivity contribution in [2.45, 2.75) is 38.5 Å². The van der Waals surface area contributed by atoms with Crippen LogP contribution in [0, 0.1) is 0 Å². The highest BCUT2D eigenvalue weighted by Crippen LogP contribution is 1.93. The van der Waals surface area contributed by atoms with Crippen LogP contribution in [0.15, 0.2) is 0 Å². The number of hydrogen-bond acceptors (Lipinski definition) is 4. The Morgan fingerprint density at radius 1 is 0.882 bits per heavy atom. The quantitative estimate of drug-likeness (QED) is 0.356. The van der Waals surface area contributed by atoms with E-state index in [4.69, 9.17) is 10.8 Å². The first-order valence-electron chi connectivity index (χ1n) is 6.60. The summed E-state index contributed by atoms with van der Waals surface area (Å²) in [6, 6.07) is 0. The fraction of sp³-hybridized carbons (Fsp3) is 0.917. The van der Waals surface area contributed by atoms with E-state index in [1.807, 2.05) is 0 Å². The lowest BCUT2D eigenvalue weighted by Crippen LogP contribution is -2.23. The summed E-state index contributed by atoms with van der Waals surface area (Å²) in [5, 5.41) is 15.1. The summed E-state index contributed by atoms with van der Waals surface area (Å²) in [5.74, 6) is -0.702. The molecule has 0 aromatic heterocycles. The van der Waals surface area contributed by atoms with Gasteiger partial charge in [-0.1, -0.05) is 0 Å². The minimum Gasteiger partial charge on any atom is -0.481 e. The number of carbonyl (C=O) groups is 1. The summed E-state index contributed by atoms with van der Waals surface area (Å²) in [6.45, 7) is 4.78. The summed E-state index contributed by atoms with van der Waals surface area (Å²) < 4.78 is 0. The van der Waals surface area contributed by atoms with E-state index in [2.05, 4.69) is 10.6 Å². The van der Waals surface area contributed by atoms with Crippen molar-refractivity contribution in [2.75, 3.05) is 32.7 Å². The minimum absolute atomic E-state index is 0.282. The van der Waals surface area contributed by atoms with Gasteiger partial charge in [-0.15, -0.1) is 0 Å². The molecule has 0 unspecified atom stereocenters. The van der Waals surface area contributed by atoms with Gasteiger partial charge in [-0.25, -0.2) is 0 Å². The number of carboxylic acid groups (broad SMARTS) is 1. The van der Waals surface area contributed by atoms with Crippen LogP contribution in [0.3, 0.4) is 0 Å². The van der Waals surface area contributed by atoms with Crippen LogP contribution < -0.4 is 16.4 Å². The fourth-order valence-electron chi connectivity index (χ4n) is 1.51. The highest BCUT2D eigenvalue weighted by atomic mass is 16.4. The van der Waals surface area contributed by atoms with E-state index in [9.17, 15) is 4.79 Å². The van der Waals surface area contributed by atoms with Crippen LogP contribution >= 0.6 is 0 Å². The van der Waals surface area contributed by atoms with Crippen molar-refractivity contribution in [3.8, 4) is 0 Å². The molecule has 0 aromatic carbocycles. The molecule has 0 rings (SSSR count). The van der Waals surface area contributed by atoms with Crippen LogP contribution in [0.4, 0.5) is 0 Å². The molecule has 5 heteroatoms. The monoisotopic (exact) mass is 245 g/mol. The molecule has 0 aliphatic rings. The molecule has 5 nitrogen and oxygen atoms in total. The highest BCUT2D eigenvalue weighted by molar-refractivity contribution is 5.66. The smallest absolute Gasteiger partial charge is 0.303 e. The van der Waals surface area contributed by atoms with Crippen LogP contribution in [0.5, 0.6) is 0 Å². The lowest BCUT2D eigenvalue weighted by molar-refractivity contribution is -0.137. The molecule has 0 bridgehead atoms. The number of aliphatic carboxylic acids is 1. The van der Waals surface area contributed by atoms with Crippen LogP contribution in [0.1, 0.15) is 38.5 Å². The van der Waals surface area contributed by atoms with Gasteiger partial charge in [0.1, 0.15) is 0 Å². The Hall–Kier alpha value is -0.650. The second kappa shape index (κ2) is 13.4. The summed E-state index contributed by atoms with van der Waals surface area (Å²) in [7, 11) is 0. The van der Waals surface area contributed by atoms with E-state index < -0.39 is 5.97 Å². The highest BCUT2D eigenvalue weighted by Gasteiger charge is 1.95. The average molecular weight is 245 g/mol. The zero-order valence-corrected chi connectivity index (χ0v) is 10.7. The second-order valence-corrected chi connectivity index (χ2v) is 4.20. The van der Waals surface area contributed by atoms with Gasteiger partial charge in [-0.2, -0.15) is 0 Å². The Morgan fingerprint density at radius 3 is 1.94 bits per heavy atom. The molecule has 0 heterocycles. The average Bonchev–Trinajstić information content (AvgIpc) is 2.30. The van der Waals surface area contributed by atoms with Crippen molar-refractivity contribution in [1.29, 1.82) is 0 Å². The summed E-state index contributed by atoms with van der Waals surface area (Å²) in [5.41, 5.74) is 5.39. The molecular formula is C12H27N3O2. The van der Waals surface area contributed by atoms with Crippen molar-refractivity contribution in [1.82, 2.24) is 10.6 Å².